The molecule has 1 aliphatic carbocycles. The molecule has 0 bridgehead atoms. The highest BCUT2D eigenvalue weighted by Crippen LogP contribution is 2.35. The van der Waals surface area contributed by atoms with E-state index in [-0.39, 0.29) is 0 Å². The van der Waals surface area contributed by atoms with Gasteiger partial charge in [0.25, 0.3) is 0 Å². The van der Waals surface area contributed by atoms with Gasteiger partial charge in [0, 0.05) is 6.04 Å². The summed E-state index contributed by atoms with van der Waals surface area (Å²) in [5.41, 5.74) is 5.86. The van der Waals surface area contributed by atoms with Crippen molar-refractivity contribution in [3.63, 3.8) is 0 Å². The topological polar surface area (TPSA) is 26.0 Å². The fourth-order valence-electron chi connectivity index (χ4n) is 2.26. The fraction of sp³-hybridized carbons (Fsp3) is 1.00. The van der Waals surface area contributed by atoms with Gasteiger partial charge in [-0.2, -0.15) is 0 Å². The van der Waals surface area contributed by atoms with Crippen LogP contribution < -0.4 is 5.73 Å². The Kier molecular flexibility index (Phi) is 2.72. The van der Waals surface area contributed by atoms with Crippen LogP contribution >= 0.6 is 0 Å². The lowest BCUT2D eigenvalue weighted by atomic mass is 9.89. The van der Waals surface area contributed by atoms with Gasteiger partial charge in [0.15, 0.2) is 0 Å². The smallest absolute Gasteiger partial charge is 0.00414 e. The van der Waals surface area contributed by atoms with E-state index in [2.05, 4.69) is 13.8 Å². The second-order valence-corrected chi connectivity index (χ2v) is 3.62. The molecular formula is C9H19N. The minimum absolute atomic E-state index is 0.424. The van der Waals surface area contributed by atoms with E-state index >= 15 is 0 Å². The second-order valence-electron chi connectivity index (χ2n) is 3.62. The summed E-state index contributed by atoms with van der Waals surface area (Å²) in [7, 11) is 0. The Morgan fingerprint density at radius 2 is 2.20 bits per heavy atom. The Morgan fingerprint density at radius 3 is 2.60 bits per heavy atom. The van der Waals surface area contributed by atoms with E-state index in [0.29, 0.717) is 6.04 Å². The predicted octanol–water partition coefficient (Wildman–Crippen LogP) is 2.16. The van der Waals surface area contributed by atoms with E-state index in [0.717, 1.165) is 11.8 Å². The minimum atomic E-state index is 0.424. The lowest BCUT2D eigenvalue weighted by molar-refractivity contribution is 0.330. The molecule has 1 nitrogen and oxygen atoms in total. The average Bonchev–Trinajstić information content (AvgIpc) is 2.33. The van der Waals surface area contributed by atoms with E-state index in [1.54, 1.807) is 0 Å². The summed E-state index contributed by atoms with van der Waals surface area (Å²) in [6, 6.07) is 0.424. The molecule has 10 heavy (non-hydrogen) atoms. The van der Waals surface area contributed by atoms with Crippen LogP contribution in [0.3, 0.4) is 0 Å². The van der Waals surface area contributed by atoms with Crippen molar-refractivity contribution < 1.29 is 0 Å². The van der Waals surface area contributed by atoms with E-state index in [9.17, 15) is 0 Å². The molecule has 0 aromatic carbocycles. The Labute approximate surface area is 64.0 Å². The van der Waals surface area contributed by atoms with Gasteiger partial charge >= 0.3 is 0 Å². The third-order valence-corrected chi connectivity index (χ3v) is 2.92. The minimum Gasteiger partial charge on any atom is -0.328 e. The standard InChI is InChI=1S/C9H19N/c1-3-8-5-4-6-9(8)7(2)10/h7-9H,3-6,10H2,1-2H3. The summed E-state index contributed by atoms with van der Waals surface area (Å²) in [4.78, 5) is 0. The maximum atomic E-state index is 5.86. The molecule has 3 atom stereocenters. The van der Waals surface area contributed by atoms with E-state index in [1.807, 2.05) is 0 Å². The quantitative estimate of drug-likeness (QED) is 0.626. The normalized spacial score (nSPS) is 36.3. The average molecular weight is 141 g/mol. The molecule has 0 saturated heterocycles. The zero-order chi connectivity index (χ0) is 7.56. The lowest BCUT2D eigenvalue weighted by Crippen LogP contribution is -2.28. The van der Waals surface area contributed by atoms with Crippen molar-refractivity contribution in [2.75, 3.05) is 0 Å². The Bertz CT molecular complexity index is 98.9. The molecule has 0 radical (unpaired) electrons. The largest absolute Gasteiger partial charge is 0.328 e. The molecule has 1 aliphatic rings. The van der Waals surface area contributed by atoms with Crippen LogP contribution in [-0.2, 0) is 0 Å². The SMILES string of the molecule is CCC1CCCC1C(C)N. The van der Waals surface area contributed by atoms with E-state index in [4.69, 9.17) is 5.73 Å². The van der Waals surface area contributed by atoms with Crippen molar-refractivity contribution >= 4 is 0 Å². The summed E-state index contributed by atoms with van der Waals surface area (Å²) < 4.78 is 0. The highest BCUT2D eigenvalue weighted by Gasteiger charge is 2.27. The Balaban J connectivity index is 2.42. The molecule has 1 saturated carbocycles. The maximum Gasteiger partial charge on any atom is 0.00414 e. The van der Waals surface area contributed by atoms with Gasteiger partial charge in [-0.15, -0.1) is 0 Å². The third-order valence-electron chi connectivity index (χ3n) is 2.92. The first-order chi connectivity index (χ1) is 4.75. The van der Waals surface area contributed by atoms with Gasteiger partial charge in [0.05, 0.1) is 0 Å². The number of hydrogen-bond acceptors (Lipinski definition) is 1. The summed E-state index contributed by atoms with van der Waals surface area (Å²) in [6.07, 6.45) is 5.52. The van der Waals surface area contributed by atoms with Crippen LogP contribution in [0.15, 0.2) is 0 Å². The van der Waals surface area contributed by atoms with Gasteiger partial charge in [-0.25, -0.2) is 0 Å². The summed E-state index contributed by atoms with van der Waals surface area (Å²) >= 11 is 0. The fourth-order valence-corrected chi connectivity index (χ4v) is 2.26. The van der Waals surface area contributed by atoms with Crippen molar-refractivity contribution in [3.8, 4) is 0 Å². The molecule has 1 rings (SSSR count). The molecule has 2 N–H and O–H groups in total. The highest BCUT2D eigenvalue weighted by molar-refractivity contribution is 4.81. The highest BCUT2D eigenvalue weighted by atomic mass is 14.6. The molecule has 0 aromatic rings. The van der Waals surface area contributed by atoms with Crippen LogP contribution in [-0.4, -0.2) is 6.04 Å². The molecule has 0 amide bonds. The van der Waals surface area contributed by atoms with Crippen molar-refractivity contribution in [2.24, 2.45) is 17.6 Å². The molecule has 0 aromatic heterocycles. The zero-order valence-electron chi connectivity index (χ0n) is 7.14. The van der Waals surface area contributed by atoms with Gasteiger partial charge in [0.2, 0.25) is 0 Å². The number of hydrogen-bond donors (Lipinski definition) is 1. The Morgan fingerprint density at radius 1 is 1.50 bits per heavy atom. The first-order valence-corrected chi connectivity index (χ1v) is 4.51. The monoisotopic (exact) mass is 141 g/mol. The molecule has 0 spiro atoms. The van der Waals surface area contributed by atoms with Crippen molar-refractivity contribution in [2.45, 2.75) is 45.6 Å². The van der Waals surface area contributed by atoms with Crippen LogP contribution in [0.4, 0.5) is 0 Å². The van der Waals surface area contributed by atoms with Crippen molar-refractivity contribution in [1.29, 1.82) is 0 Å². The Hall–Kier alpha value is -0.0400. The molecule has 0 heterocycles. The third kappa shape index (κ3) is 1.51. The van der Waals surface area contributed by atoms with Crippen LogP contribution in [0.5, 0.6) is 0 Å². The first kappa shape index (κ1) is 8.06. The van der Waals surface area contributed by atoms with E-state index in [1.165, 1.54) is 25.7 Å². The van der Waals surface area contributed by atoms with Crippen LogP contribution in [0, 0.1) is 11.8 Å². The molecule has 1 fully saturated rings. The molecular weight excluding hydrogens is 122 g/mol. The van der Waals surface area contributed by atoms with Crippen molar-refractivity contribution in [3.05, 3.63) is 0 Å². The van der Waals surface area contributed by atoms with Crippen molar-refractivity contribution in [1.82, 2.24) is 0 Å². The van der Waals surface area contributed by atoms with Gasteiger partial charge in [0.1, 0.15) is 0 Å². The molecule has 3 unspecified atom stereocenters. The lowest BCUT2D eigenvalue weighted by Gasteiger charge is -2.21. The van der Waals surface area contributed by atoms with Gasteiger partial charge < -0.3 is 5.73 Å². The molecule has 1 heteroatoms. The summed E-state index contributed by atoms with van der Waals surface area (Å²) in [5, 5.41) is 0. The first-order valence-electron chi connectivity index (χ1n) is 4.51. The van der Waals surface area contributed by atoms with Gasteiger partial charge in [-0.3, -0.25) is 0 Å². The van der Waals surface area contributed by atoms with Gasteiger partial charge in [-0.05, 0) is 25.2 Å². The number of nitrogens with two attached hydrogens (primary N) is 1. The van der Waals surface area contributed by atoms with E-state index < -0.39 is 0 Å². The van der Waals surface area contributed by atoms with Gasteiger partial charge in [-0.1, -0.05) is 26.2 Å². The van der Waals surface area contributed by atoms with Crippen LogP contribution in [0.1, 0.15) is 39.5 Å². The summed E-state index contributed by atoms with van der Waals surface area (Å²) in [5.74, 6) is 1.75. The molecule has 60 valence electrons. The summed E-state index contributed by atoms with van der Waals surface area (Å²) in [6.45, 7) is 4.43. The predicted molar refractivity (Wildman–Crippen MR) is 44.8 cm³/mol. The maximum absolute atomic E-state index is 5.86. The van der Waals surface area contributed by atoms with Crippen LogP contribution in [0.25, 0.3) is 0 Å². The second kappa shape index (κ2) is 3.38. The molecule has 0 aliphatic heterocycles. The van der Waals surface area contributed by atoms with Crippen LogP contribution in [0.2, 0.25) is 0 Å². The zero-order valence-corrected chi connectivity index (χ0v) is 7.14. The number of rotatable bonds is 2.